The second-order valence-electron chi connectivity index (χ2n) is 6.72. The number of hydrogen-bond acceptors (Lipinski definition) is 9. The molecule has 2 heterocycles. The maximum Gasteiger partial charge on any atom is 0.294 e. The van der Waals surface area contributed by atoms with Crippen LogP contribution >= 0.6 is 11.3 Å². The van der Waals surface area contributed by atoms with Crippen molar-refractivity contribution >= 4 is 43.9 Å². The molecule has 32 heavy (non-hydrogen) atoms. The monoisotopic (exact) mass is 471 g/mol. The Balaban J connectivity index is 1.50. The quantitative estimate of drug-likeness (QED) is 0.427. The molecule has 1 aliphatic rings. The van der Waals surface area contributed by atoms with Crippen LogP contribution < -0.4 is 9.75 Å². The van der Waals surface area contributed by atoms with Crippen LogP contribution in [0.25, 0.3) is 11.3 Å². The van der Waals surface area contributed by atoms with Crippen LogP contribution in [0.15, 0.2) is 74.1 Å². The molecular weight excluding hydrogens is 454 g/mol. The first kappa shape index (κ1) is 21.7. The van der Waals surface area contributed by atoms with Gasteiger partial charge in [-0.1, -0.05) is 0 Å². The number of hydrogen-bond donors (Lipinski definition) is 1. The maximum atomic E-state index is 12.8. The Morgan fingerprint density at radius 1 is 1.12 bits per heavy atom. The Kier molecular flexibility index (Phi) is 5.82. The van der Waals surface area contributed by atoms with Crippen molar-refractivity contribution in [3.63, 3.8) is 0 Å². The molecule has 164 valence electrons. The minimum atomic E-state index is -4.29. The van der Waals surface area contributed by atoms with Gasteiger partial charge in [-0.15, -0.1) is 11.3 Å². The number of rotatable bonds is 6. The van der Waals surface area contributed by atoms with Gasteiger partial charge in [-0.2, -0.15) is 28.8 Å². The minimum Gasteiger partial charge on any atom is -0.497 e. The van der Waals surface area contributed by atoms with Crippen LogP contribution in [0.2, 0.25) is 0 Å². The topological polar surface area (TPSA) is 134 Å². The molecule has 0 radical (unpaired) electrons. The number of aromatic nitrogens is 1. The summed E-state index contributed by atoms with van der Waals surface area (Å²) in [6.07, 6.45) is 0. The lowest BCUT2D eigenvalue weighted by Gasteiger charge is -2.08. The zero-order valence-electron chi connectivity index (χ0n) is 16.9. The number of amides is 1. The van der Waals surface area contributed by atoms with Gasteiger partial charge in [-0.3, -0.25) is 9.35 Å². The van der Waals surface area contributed by atoms with Gasteiger partial charge in [0.05, 0.1) is 29.1 Å². The zero-order valence-corrected chi connectivity index (χ0v) is 18.5. The SMILES string of the molecule is COc1ccc(-c2csc(N3N=C(C)[C@@H](N=Nc4ccc(S(=O)(=O)O)cc4)C3=O)n2)cc1. The summed E-state index contributed by atoms with van der Waals surface area (Å²) in [5.74, 6) is 0.344. The molecule has 4 rings (SSSR count). The fourth-order valence-electron chi connectivity index (χ4n) is 2.89. The molecule has 2 aromatic carbocycles. The van der Waals surface area contributed by atoms with Crippen LogP contribution in [-0.4, -0.2) is 42.7 Å². The molecule has 0 saturated carbocycles. The number of benzene rings is 2. The molecule has 0 bridgehead atoms. The Morgan fingerprint density at radius 3 is 2.44 bits per heavy atom. The van der Waals surface area contributed by atoms with Crippen molar-refractivity contribution < 1.29 is 22.5 Å². The largest absolute Gasteiger partial charge is 0.497 e. The van der Waals surface area contributed by atoms with E-state index < -0.39 is 22.1 Å². The number of thiazole rings is 1. The standard InChI is InChI=1S/C20H17N5O5S2/c1-12-18(23-22-14-5-9-16(10-6-14)32(27,28)29)19(26)25(24-12)20-21-17(11-31-20)13-3-7-15(30-2)8-4-13/h3-11,18H,1-2H3,(H,27,28,29)/t18-/m1/s1. The summed E-state index contributed by atoms with van der Waals surface area (Å²) in [6, 6.07) is 11.6. The number of anilines is 1. The summed E-state index contributed by atoms with van der Waals surface area (Å²) in [5.41, 5.74) is 2.37. The van der Waals surface area contributed by atoms with E-state index in [-0.39, 0.29) is 4.90 Å². The summed E-state index contributed by atoms with van der Waals surface area (Å²) in [6.45, 7) is 1.67. The summed E-state index contributed by atoms with van der Waals surface area (Å²) in [4.78, 5) is 17.1. The van der Waals surface area contributed by atoms with Crippen LogP contribution in [0.3, 0.4) is 0 Å². The van der Waals surface area contributed by atoms with E-state index in [0.29, 0.717) is 22.2 Å². The number of ether oxygens (including phenoxy) is 1. The molecule has 3 aromatic rings. The lowest BCUT2D eigenvalue weighted by molar-refractivity contribution is -0.117. The summed E-state index contributed by atoms with van der Waals surface area (Å²) in [7, 11) is -2.70. The zero-order chi connectivity index (χ0) is 22.9. The molecular formula is C20H17N5O5S2. The van der Waals surface area contributed by atoms with Crippen LogP contribution in [0.4, 0.5) is 10.8 Å². The van der Waals surface area contributed by atoms with Crippen molar-refractivity contribution in [3.05, 3.63) is 53.9 Å². The number of azo groups is 1. The average molecular weight is 472 g/mol. The second-order valence-corrected chi connectivity index (χ2v) is 8.98. The number of carbonyl (C=O) groups excluding carboxylic acids is 1. The average Bonchev–Trinajstić information content (AvgIpc) is 3.37. The molecule has 1 aromatic heterocycles. The van der Waals surface area contributed by atoms with E-state index in [1.54, 1.807) is 14.0 Å². The van der Waals surface area contributed by atoms with E-state index in [1.165, 1.54) is 40.6 Å². The van der Waals surface area contributed by atoms with Crippen LogP contribution in [0, 0.1) is 0 Å². The molecule has 1 aliphatic heterocycles. The Hall–Kier alpha value is -3.48. The summed E-state index contributed by atoms with van der Waals surface area (Å²) < 4.78 is 36.4. The summed E-state index contributed by atoms with van der Waals surface area (Å²) >= 11 is 1.28. The van der Waals surface area contributed by atoms with Gasteiger partial charge in [0.2, 0.25) is 5.13 Å². The number of hydrazone groups is 1. The fourth-order valence-corrected chi connectivity index (χ4v) is 4.16. The smallest absolute Gasteiger partial charge is 0.294 e. The van der Waals surface area contributed by atoms with E-state index in [0.717, 1.165) is 11.3 Å². The predicted octanol–water partition coefficient (Wildman–Crippen LogP) is 3.94. The second kappa shape index (κ2) is 8.57. The molecule has 12 heteroatoms. The van der Waals surface area contributed by atoms with Crippen molar-refractivity contribution in [3.8, 4) is 17.0 Å². The van der Waals surface area contributed by atoms with Gasteiger partial charge in [0.1, 0.15) is 5.75 Å². The molecule has 0 aliphatic carbocycles. The highest BCUT2D eigenvalue weighted by Gasteiger charge is 2.36. The van der Waals surface area contributed by atoms with E-state index in [9.17, 15) is 13.2 Å². The van der Waals surface area contributed by atoms with Gasteiger partial charge in [-0.05, 0) is 55.5 Å². The van der Waals surface area contributed by atoms with Gasteiger partial charge in [-0.25, -0.2) is 4.98 Å². The highest BCUT2D eigenvalue weighted by atomic mass is 32.2. The molecule has 1 N–H and O–H groups in total. The van der Waals surface area contributed by atoms with Crippen molar-refractivity contribution in [2.75, 3.05) is 12.1 Å². The lowest BCUT2D eigenvalue weighted by atomic mass is 10.2. The van der Waals surface area contributed by atoms with Gasteiger partial charge in [0, 0.05) is 10.9 Å². The summed E-state index contributed by atoms with van der Waals surface area (Å²) in [5, 5.41) is 15.8. The number of nitrogens with zero attached hydrogens (tertiary/aromatic N) is 5. The first-order valence-corrected chi connectivity index (χ1v) is 11.6. The maximum absolute atomic E-state index is 12.8. The highest BCUT2D eigenvalue weighted by molar-refractivity contribution is 7.85. The Morgan fingerprint density at radius 2 is 1.81 bits per heavy atom. The van der Waals surface area contributed by atoms with E-state index in [1.807, 2.05) is 29.6 Å². The first-order chi connectivity index (χ1) is 15.3. The van der Waals surface area contributed by atoms with Gasteiger partial charge >= 0.3 is 0 Å². The third-order valence-electron chi connectivity index (χ3n) is 4.58. The van der Waals surface area contributed by atoms with Crippen molar-refractivity contribution in [1.82, 2.24) is 4.98 Å². The molecule has 10 nitrogen and oxygen atoms in total. The van der Waals surface area contributed by atoms with Crippen LogP contribution in [0.5, 0.6) is 5.75 Å². The van der Waals surface area contributed by atoms with Crippen molar-refractivity contribution in [2.45, 2.75) is 17.9 Å². The van der Waals surface area contributed by atoms with Gasteiger partial charge in [0.15, 0.2) is 6.04 Å². The molecule has 1 atom stereocenters. The Labute approximate surface area is 187 Å². The first-order valence-electron chi connectivity index (χ1n) is 9.23. The third kappa shape index (κ3) is 4.42. The Bertz CT molecular complexity index is 1320. The molecule has 0 fully saturated rings. The van der Waals surface area contributed by atoms with Crippen LogP contribution in [-0.2, 0) is 14.9 Å². The van der Waals surface area contributed by atoms with E-state index in [4.69, 9.17) is 9.29 Å². The number of carbonyl (C=O) groups is 1. The van der Waals surface area contributed by atoms with Gasteiger partial charge in [0.25, 0.3) is 16.0 Å². The molecule has 0 spiro atoms. The minimum absolute atomic E-state index is 0.256. The highest BCUT2D eigenvalue weighted by Crippen LogP contribution is 2.31. The van der Waals surface area contributed by atoms with Gasteiger partial charge < -0.3 is 4.74 Å². The fraction of sp³-hybridized carbons (Fsp3) is 0.150. The van der Waals surface area contributed by atoms with Crippen molar-refractivity contribution in [2.24, 2.45) is 15.3 Å². The van der Waals surface area contributed by atoms with Crippen LogP contribution in [0.1, 0.15) is 6.92 Å². The molecule has 0 saturated heterocycles. The van der Waals surface area contributed by atoms with E-state index >= 15 is 0 Å². The number of methoxy groups -OCH3 is 1. The third-order valence-corrected chi connectivity index (χ3v) is 6.26. The normalized spacial score (nSPS) is 16.6. The lowest BCUT2D eigenvalue weighted by Crippen LogP contribution is -2.29. The predicted molar refractivity (Wildman–Crippen MR) is 119 cm³/mol. The van der Waals surface area contributed by atoms with E-state index in [2.05, 4.69) is 20.3 Å². The molecule has 1 amide bonds. The molecule has 0 unspecified atom stereocenters. The van der Waals surface area contributed by atoms with Crippen molar-refractivity contribution in [1.29, 1.82) is 0 Å².